The Kier molecular flexibility index (Phi) is 7.78. The van der Waals surface area contributed by atoms with Crippen molar-refractivity contribution < 1.29 is 14.7 Å². The Morgan fingerprint density at radius 3 is 2.53 bits per heavy atom. The smallest absolute Gasteiger partial charge is 0.272 e. The van der Waals surface area contributed by atoms with Crippen LogP contribution in [0.1, 0.15) is 63.0 Å². The first-order valence-corrected chi connectivity index (χ1v) is 12.5. The Balaban J connectivity index is 1.65. The molecule has 3 atom stereocenters. The van der Waals surface area contributed by atoms with E-state index in [0.717, 1.165) is 42.5 Å². The Labute approximate surface area is 202 Å². The van der Waals surface area contributed by atoms with Gasteiger partial charge in [0.25, 0.3) is 5.91 Å². The van der Waals surface area contributed by atoms with Crippen molar-refractivity contribution in [3.63, 3.8) is 0 Å². The molecule has 4 rings (SSSR count). The molecule has 180 valence electrons. The summed E-state index contributed by atoms with van der Waals surface area (Å²) in [5, 5.41) is 13.8. The molecule has 1 fully saturated rings. The number of amides is 2. The first kappa shape index (κ1) is 24.1. The first-order chi connectivity index (χ1) is 16.5. The third-order valence-electron chi connectivity index (χ3n) is 7.14. The van der Waals surface area contributed by atoms with Crippen LogP contribution in [0.15, 0.2) is 59.6 Å². The molecule has 2 N–H and O–H groups in total. The van der Waals surface area contributed by atoms with Crippen LogP contribution in [0.2, 0.25) is 0 Å². The van der Waals surface area contributed by atoms with Crippen LogP contribution in [0.3, 0.4) is 0 Å². The fraction of sp³-hybridized carbons (Fsp3) is 0.464. The number of para-hydroxylation sites is 1. The second-order valence-electron chi connectivity index (χ2n) is 9.52. The molecule has 1 heterocycles. The van der Waals surface area contributed by atoms with E-state index in [0.29, 0.717) is 24.5 Å². The highest BCUT2D eigenvalue weighted by Crippen LogP contribution is 2.34. The average Bonchev–Trinajstić information content (AvgIpc) is 2.93. The molecule has 6 heteroatoms. The second kappa shape index (κ2) is 11.0. The number of carbonyl (C=O) groups excluding carboxylic acids is 2. The maximum atomic E-state index is 13.5. The van der Waals surface area contributed by atoms with Crippen molar-refractivity contribution in [1.82, 2.24) is 5.32 Å². The van der Waals surface area contributed by atoms with Crippen molar-refractivity contribution in [2.45, 2.75) is 64.1 Å². The summed E-state index contributed by atoms with van der Waals surface area (Å²) < 4.78 is 0. The van der Waals surface area contributed by atoms with E-state index < -0.39 is 18.2 Å². The number of rotatable bonds is 9. The van der Waals surface area contributed by atoms with E-state index in [1.807, 2.05) is 54.6 Å². The monoisotopic (exact) mass is 461 g/mol. The lowest BCUT2D eigenvalue weighted by Crippen LogP contribution is -2.50. The van der Waals surface area contributed by atoms with E-state index in [1.165, 1.54) is 6.42 Å². The number of unbranched alkanes of at least 4 members (excludes halogenated alkanes) is 1. The summed E-state index contributed by atoms with van der Waals surface area (Å²) in [6.07, 6.45) is 4.68. The first-order valence-electron chi connectivity index (χ1n) is 12.5. The molecule has 1 aliphatic heterocycles. The number of benzene rings is 2. The Bertz CT molecular complexity index is 1030. The lowest BCUT2D eigenvalue weighted by atomic mass is 9.76. The van der Waals surface area contributed by atoms with Crippen LogP contribution in [-0.2, 0) is 9.59 Å². The van der Waals surface area contributed by atoms with Gasteiger partial charge in [-0.2, -0.15) is 0 Å². The van der Waals surface area contributed by atoms with Crippen LogP contribution in [0.5, 0.6) is 0 Å². The molecule has 6 nitrogen and oxygen atoms in total. The number of aliphatic hydroxyl groups excluding tert-OH is 1. The van der Waals surface area contributed by atoms with Gasteiger partial charge >= 0.3 is 0 Å². The average molecular weight is 462 g/mol. The lowest BCUT2D eigenvalue weighted by Gasteiger charge is -2.32. The zero-order valence-electron chi connectivity index (χ0n) is 20.1. The normalized spacial score (nSPS) is 20.0. The number of likely N-dealkylation sites (N-methyl/N-ethyl adjacent to an activating group) is 1. The highest BCUT2D eigenvalue weighted by Gasteiger charge is 2.36. The maximum absolute atomic E-state index is 13.5. The molecule has 0 saturated heterocycles. The van der Waals surface area contributed by atoms with Gasteiger partial charge in [-0.25, -0.2) is 4.99 Å². The lowest BCUT2D eigenvalue weighted by molar-refractivity contribution is -0.133. The van der Waals surface area contributed by atoms with Crippen molar-refractivity contribution in [2.24, 2.45) is 16.8 Å². The van der Waals surface area contributed by atoms with Gasteiger partial charge in [0.1, 0.15) is 0 Å². The molecule has 0 aromatic heterocycles. The van der Waals surface area contributed by atoms with Gasteiger partial charge in [0.15, 0.2) is 0 Å². The predicted octanol–water partition coefficient (Wildman–Crippen LogP) is 4.30. The number of aliphatic imine (C=N–C) groups is 1. The third-order valence-corrected chi connectivity index (χ3v) is 7.14. The number of hydrogen-bond donors (Lipinski definition) is 2. The third kappa shape index (κ3) is 5.22. The Hall–Kier alpha value is -2.99. The summed E-state index contributed by atoms with van der Waals surface area (Å²) in [4.78, 5) is 33.2. The zero-order valence-corrected chi connectivity index (χ0v) is 20.1. The van der Waals surface area contributed by atoms with Gasteiger partial charge < -0.3 is 15.3 Å². The summed E-state index contributed by atoms with van der Waals surface area (Å²) in [5.74, 6) is -0.648. The van der Waals surface area contributed by atoms with Gasteiger partial charge in [-0.3, -0.25) is 9.59 Å². The van der Waals surface area contributed by atoms with Gasteiger partial charge in [0.05, 0.1) is 23.4 Å². The molecule has 0 radical (unpaired) electrons. The largest absolute Gasteiger partial charge is 0.392 e. The molecule has 34 heavy (non-hydrogen) atoms. The number of anilines is 1. The summed E-state index contributed by atoms with van der Waals surface area (Å²) in [6, 6.07) is 17.4. The van der Waals surface area contributed by atoms with Crippen LogP contribution < -0.4 is 10.2 Å². The van der Waals surface area contributed by atoms with Crippen LogP contribution in [0, 0.1) is 11.8 Å². The maximum Gasteiger partial charge on any atom is 0.272 e. The van der Waals surface area contributed by atoms with Gasteiger partial charge in [-0.05, 0) is 24.8 Å². The van der Waals surface area contributed by atoms with E-state index in [-0.39, 0.29) is 11.8 Å². The quantitative estimate of drug-likeness (QED) is 0.584. The van der Waals surface area contributed by atoms with Crippen LogP contribution in [0.25, 0.3) is 0 Å². The zero-order chi connectivity index (χ0) is 24.1. The van der Waals surface area contributed by atoms with E-state index in [2.05, 4.69) is 12.2 Å². The van der Waals surface area contributed by atoms with Crippen molar-refractivity contribution in [1.29, 1.82) is 0 Å². The number of nitrogens with one attached hydrogen (secondary N) is 1. The number of benzodiazepines with no additional fused rings is 1. The van der Waals surface area contributed by atoms with Crippen molar-refractivity contribution in [3.8, 4) is 0 Å². The molecular formula is C28H35N3O3. The summed E-state index contributed by atoms with van der Waals surface area (Å²) >= 11 is 0. The van der Waals surface area contributed by atoms with E-state index in [9.17, 15) is 14.7 Å². The highest BCUT2D eigenvalue weighted by atomic mass is 16.3. The molecule has 2 unspecified atom stereocenters. The summed E-state index contributed by atoms with van der Waals surface area (Å²) in [6.45, 7) is 2.07. The molecule has 2 aromatic rings. The van der Waals surface area contributed by atoms with Crippen LogP contribution >= 0.6 is 0 Å². The van der Waals surface area contributed by atoms with Gasteiger partial charge in [0.2, 0.25) is 12.1 Å². The van der Waals surface area contributed by atoms with Crippen LogP contribution in [-0.4, -0.2) is 41.9 Å². The summed E-state index contributed by atoms with van der Waals surface area (Å²) in [7, 11) is 1.71. The highest BCUT2D eigenvalue weighted by molar-refractivity contribution is 6.20. The molecule has 1 saturated carbocycles. The molecule has 2 aromatic carbocycles. The number of hydrogen-bond acceptors (Lipinski definition) is 4. The number of nitrogens with zero attached hydrogens (tertiary/aromatic N) is 2. The van der Waals surface area contributed by atoms with E-state index in [4.69, 9.17) is 4.99 Å². The minimum Gasteiger partial charge on any atom is -0.392 e. The van der Waals surface area contributed by atoms with Gasteiger partial charge in [-0.15, -0.1) is 0 Å². The number of fused-ring (bicyclic) bond motifs is 1. The molecular weight excluding hydrogens is 426 g/mol. The second-order valence-corrected chi connectivity index (χ2v) is 9.52. The Morgan fingerprint density at radius 1 is 1.15 bits per heavy atom. The minimum absolute atomic E-state index is 0.288. The molecule has 1 aliphatic carbocycles. The molecule has 0 spiro atoms. The van der Waals surface area contributed by atoms with Crippen molar-refractivity contribution in [2.75, 3.05) is 11.9 Å². The van der Waals surface area contributed by atoms with Gasteiger partial charge in [-0.1, -0.05) is 87.6 Å². The molecule has 2 aliphatic rings. The standard InChI is InChI=1S/C28H35N3O3/c1-3-4-17-24(32)22(18-19-11-10-12-19)27(33)30-26-28(34)31(2)23-16-9-8-15-21(23)25(29-26)20-13-6-5-7-14-20/h5-9,13-16,19,22,24,26,32H,3-4,10-12,17-18H2,1-2H3,(H,30,33)/t22?,24?,26-/m1/s1. The van der Waals surface area contributed by atoms with E-state index in [1.54, 1.807) is 11.9 Å². The molecule has 2 amide bonds. The SMILES string of the molecule is CCCCC(O)C(CC1CCC1)C(=O)N[C@H]1N=C(c2ccccc2)c2ccccc2N(C)C1=O. The Morgan fingerprint density at radius 2 is 1.85 bits per heavy atom. The summed E-state index contributed by atoms with van der Waals surface area (Å²) in [5.41, 5.74) is 3.14. The predicted molar refractivity (Wildman–Crippen MR) is 135 cm³/mol. The van der Waals surface area contributed by atoms with Gasteiger partial charge in [0, 0.05) is 18.2 Å². The van der Waals surface area contributed by atoms with Crippen molar-refractivity contribution >= 4 is 23.2 Å². The van der Waals surface area contributed by atoms with Crippen molar-refractivity contribution in [3.05, 3.63) is 65.7 Å². The fourth-order valence-corrected chi connectivity index (χ4v) is 4.83. The van der Waals surface area contributed by atoms with Crippen LogP contribution in [0.4, 0.5) is 5.69 Å². The number of carbonyl (C=O) groups is 2. The van der Waals surface area contributed by atoms with E-state index >= 15 is 0 Å². The number of aliphatic hydroxyl groups is 1. The topological polar surface area (TPSA) is 82.0 Å². The minimum atomic E-state index is -1.05. The molecule has 0 bridgehead atoms. The fourth-order valence-electron chi connectivity index (χ4n) is 4.83.